The number of hydrogen-bond acceptors (Lipinski definition) is 6. The van der Waals surface area contributed by atoms with E-state index in [-0.39, 0.29) is 0 Å². The van der Waals surface area contributed by atoms with Gasteiger partial charge in [-0.2, -0.15) is 0 Å². The Labute approximate surface area is 752 Å². The standard InChI is InChI=1S/C41H27N2OP.2C39H25N2OP/c44-45(29-13-3-1-4-14-29,30-15-5-2-6-16-30)40-26-24-31(32-17-7-9-19-34(32)40)28-23-25-38-36(27-28)33-18-8-10-20-35(33)41-42-37-21-11-12-22-39(37)43(38)41;42-43(37-21-9-13-26-11-1-3-15-29(26)37,38-22-10-14-27-12-2-4-16-30(27)38)28-23-24-32-31-17-5-6-18-33(31)39-40-34-19-7-8-20-35(34)41(39)36(32)25-28;42-43(30-19-17-26-9-1-3-11-28(26)23-30,31-20-18-27-10-2-4-12-29(27)24-31)32-21-22-34-33-13-5-6-14-35(33)39-40-36-15-7-8-16-37(36)41(39)38(34)25-32/h1-27H;2*1-25H. The van der Waals surface area contributed by atoms with Gasteiger partial charge in [0.25, 0.3) is 0 Å². The minimum absolute atomic E-state index is 0.805. The van der Waals surface area contributed by atoms with E-state index in [1.165, 1.54) is 10.8 Å². The van der Waals surface area contributed by atoms with Gasteiger partial charge in [-0.15, -0.1) is 0 Å². The Morgan fingerprint density at radius 2 is 0.504 bits per heavy atom. The van der Waals surface area contributed by atoms with Crippen LogP contribution in [-0.2, 0) is 13.7 Å². The molecule has 27 aromatic rings. The van der Waals surface area contributed by atoms with Crippen molar-refractivity contribution >= 4 is 238 Å². The summed E-state index contributed by atoms with van der Waals surface area (Å²) in [5.41, 5.74) is 14.2. The van der Waals surface area contributed by atoms with E-state index >= 15 is 13.7 Å². The smallest absolute Gasteiger partial charge is 0.172 e. The first-order chi connectivity index (χ1) is 64.6. The number of pyridine rings is 3. The van der Waals surface area contributed by atoms with Gasteiger partial charge >= 0.3 is 0 Å². The summed E-state index contributed by atoms with van der Waals surface area (Å²) in [7, 11) is -9.85. The molecule has 9 nitrogen and oxygen atoms in total. The topological polar surface area (TPSA) is 103 Å². The number of benzene rings is 21. The number of imidazole rings is 3. The average molecular weight is 1730 g/mol. The highest BCUT2D eigenvalue weighted by atomic mass is 31.2. The van der Waals surface area contributed by atoms with Crippen LogP contribution in [0, 0.1) is 0 Å². The molecule has 0 aliphatic heterocycles. The van der Waals surface area contributed by atoms with E-state index < -0.39 is 21.4 Å². The molecule has 0 saturated heterocycles. The zero-order valence-corrected chi connectivity index (χ0v) is 73.4. The summed E-state index contributed by atoms with van der Waals surface area (Å²) in [5, 5.41) is 28.4. The molecule has 131 heavy (non-hydrogen) atoms. The van der Waals surface area contributed by atoms with Crippen LogP contribution in [0.2, 0.25) is 0 Å². The third kappa shape index (κ3) is 12.3. The van der Waals surface area contributed by atoms with Crippen LogP contribution in [0.1, 0.15) is 0 Å². The Balaban J connectivity index is 0.000000106. The summed E-state index contributed by atoms with van der Waals surface area (Å²) in [6, 6.07) is 160. The second-order valence-corrected chi connectivity index (χ2v) is 42.0. The molecule has 0 N–H and O–H groups in total. The van der Waals surface area contributed by atoms with Crippen molar-refractivity contribution in [3.63, 3.8) is 0 Å². The molecule has 0 atom stereocenters. The summed E-state index contributed by atoms with van der Waals surface area (Å²) in [5.74, 6) is 0. The highest BCUT2D eigenvalue weighted by molar-refractivity contribution is 7.86. The van der Waals surface area contributed by atoms with Crippen LogP contribution in [0.15, 0.2) is 467 Å². The molecule has 616 valence electrons. The van der Waals surface area contributed by atoms with Gasteiger partial charge in [-0.05, 0) is 160 Å². The molecule has 27 rings (SSSR count). The lowest BCUT2D eigenvalue weighted by molar-refractivity contribution is 0.591. The quantitative estimate of drug-likeness (QED) is 0.0998. The lowest BCUT2D eigenvalue weighted by Gasteiger charge is -2.24. The van der Waals surface area contributed by atoms with Crippen LogP contribution in [0.25, 0.3) is 180 Å². The number of aromatic nitrogens is 6. The highest BCUT2D eigenvalue weighted by Gasteiger charge is 2.37. The van der Waals surface area contributed by atoms with E-state index in [4.69, 9.17) is 15.0 Å². The molecule has 6 heterocycles. The summed E-state index contributed by atoms with van der Waals surface area (Å²) in [6.07, 6.45) is 0. The molecule has 0 bridgehead atoms. The second kappa shape index (κ2) is 30.9. The van der Waals surface area contributed by atoms with E-state index in [1.54, 1.807) is 0 Å². The molecule has 21 aromatic carbocycles. The summed E-state index contributed by atoms with van der Waals surface area (Å²) in [6.45, 7) is 0. The summed E-state index contributed by atoms with van der Waals surface area (Å²) < 4.78 is 54.4. The van der Waals surface area contributed by atoms with Gasteiger partial charge in [-0.25, -0.2) is 15.0 Å². The summed E-state index contributed by atoms with van der Waals surface area (Å²) >= 11 is 0. The largest absolute Gasteiger partial charge is 0.309 e. The number of para-hydroxylation sites is 6. The lowest BCUT2D eigenvalue weighted by atomic mass is 9.95. The van der Waals surface area contributed by atoms with Crippen LogP contribution in [0.4, 0.5) is 0 Å². The van der Waals surface area contributed by atoms with E-state index in [1.807, 2.05) is 158 Å². The van der Waals surface area contributed by atoms with Crippen molar-refractivity contribution in [2.45, 2.75) is 0 Å². The molecular formula is C119H77N6O3P3. The van der Waals surface area contributed by atoms with Crippen molar-refractivity contribution in [3.8, 4) is 11.1 Å². The maximum Gasteiger partial charge on any atom is 0.172 e. The van der Waals surface area contributed by atoms with Gasteiger partial charge in [0.2, 0.25) is 0 Å². The second-order valence-electron chi connectivity index (χ2n) is 33.8. The van der Waals surface area contributed by atoms with Crippen LogP contribution < -0.4 is 47.7 Å². The van der Waals surface area contributed by atoms with Gasteiger partial charge in [0, 0.05) is 80.1 Å². The van der Waals surface area contributed by atoms with E-state index in [0.29, 0.717) is 0 Å². The molecular weight excluding hydrogens is 1650 g/mol. The van der Waals surface area contributed by atoms with Crippen molar-refractivity contribution in [3.05, 3.63) is 467 Å². The number of rotatable bonds is 10. The Kier molecular flexibility index (Phi) is 18.3. The number of fused-ring (bicyclic) bond motifs is 29. The Bertz CT molecular complexity index is 9380. The Morgan fingerprint density at radius 1 is 0.168 bits per heavy atom. The minimum Gasteiger partial charge on any atom is -0.309 e. The lowest BCUT2D eigenvalue weighted by Crippen LogP contribution is -2.26. The van der Waals surface area contributed by atoms with Gasteiger partial charge in [0.15, 0.2) is 21.4 Å². The van der Waals surface area contributed by atoms with E-state index in [0.717, 1.165) is 217 Å². The fourth-order valence-electron chi connectivity index (χ4n) is 20.5. The van der Waals surface area contributed by atoms with E-state index in [2.05, 4.69) is 323 Å². The average Bonchev–Trinajstić information content (AvgIpc) is 1.71. The zero-order valence-electron chi connectivity index (χ0n) is 70.7. The molecule has 6 aromatic heterocycles. The Morgan fingerprint density at radius 3 is 0.969 bits per heavy atom. The monoisotopic (exact) mass is 1730 g/mol. The Hall–Kier alpha value is -16.0. The maximum atomic E-state index is 16.3. The van der Waals surface area contributed by atoms with Crippen LogP contribution >= 0.6 is 21.4 Å². The van der Waals surface area contributed by atoms with Crippen molar-refractivity contribution in [2.24, 2.45) is 0 Å². The molecule has 12 heteroatoms. The third-order valence-electron chi connectivity index (χ3n) is 26.7. The number of hydrogen-bond donors (Lipinski definition) is 0. The predicted molar refractivity (Wildman–Crippen MR) is 554 cm³/mol. The fourth-order valence-corrected chi connectivity index (χ4v) is 29.2. The van der Waals surface area contributed by atoms with Crippen LogP contribution in [0.3, 0.4) is 0 Å². The van der Waals surface area contributed by atoms with Crippen molar-refractivity contribution in [1.29, 1.82) is 0 Å². The van der Waals surface area contributed by atoms with Crippen LogP contribution in [-0.4, -0.2) is 28.2 Å². The molecule has 0 radical (unpaired) electrons. The normalized spacial score (nSPS) is 12.2. The first-order valence-corrected chi connectivity index (χ1v) is 49.3. The molecule has 0 saturated carbocycles. The van der Waals surface area contributed by atoms with Gasteiger partial charge in [0.05, 0.1) is 49.7 Å². The first-order valence-electron chi connectivity index (χ1n) is 44.2. The minimum atomic E-state index is -3.39. The van der Waals surface area contributed by atoms with Crippen LogP contribution in [0.5, 0.6) is 0 Å². The first kappa shape index (κ1) is 77.4. The van der Waals surface area contributed by atoms with Crippen molar-refractivity contribution in [1.82, 2.24) is 28.2 Å². The molecule has 0 aliphatic rings. The van der Waals surface area contributed by atoms with Gasteiger partial charge in [-0.3, -0.25) is 13.2 Å². The molecule has 0 aliphatic carbocycles. The van der Waals surface area contributed by atoms with Crippen molar-refractivity contribution in [2.75, 3.05) is 0 Å². The predicted octanol–water partition coefficient (Wildman–Crippen LogP) is 26.7. The maximum absolute atomic E-state index is 16.3. The SMILES string of the molecule is O=P(c1ccc2c3ccccc3c3nc4ccccc4n3c2c1)(c1cccc2ccccc12)c1cccc2ccccc12.O=P(c1ccc2ccccc2c1)(c1ccc2ccccc2c1)c1ccc2c3ccccc3c3nc4ccccc4n3c2c1.O=P(c1ccccc1)(c1ccccc1)c1ccc(-c2ccc3c(c2)c2ccccc2c2nc4ccccc4n32)c2ccccc12. The number of nitrogens with zero attached hydrogens (tertiary/aromatic N) is 6. The van der Waals surface area contributed by atoms with Crippen molar-refractivity contribution < 1.29 is 13.7 Å². The van der Waals surface area contributed by atoms with Gasteiger partial charge < -0.3 is 13.7 Å². The highest BCUT2D eigenvalue weighted by Crippen LogP contribution is 2.51. The summed E-state index contributed by atoms with van der Waals surface area (Å²) in [4.78, 5) is 15.2. The molecule has 0 fully saturated rings. The molecule has 0 amide bonds. The van der Waals surface area contributed by atoms with Gasteiger partial charge in [0.1, 0.15) is 16.9 Å². The molecule has 0 spiro atoms. The molecule has 0 unspecified atom stereocenters. The fraction of sp³-hybridized carbons (Fsp3) is 0. The van der Waals surface area contributed by atoms with E-state index in [9.17, 15) is 0 Å². The third-order valence-corrected chi connectivity index (χ3v) is 35.9. The zero-order chi connectivity index (χ0) is 87.0. The van der Waals surface area contributed by atoms with Gasteiger partial charge in [-0.1, -0.05) is 388 Å².